The highest BCUT2D eigenvalue weighted by molar-refractivity contribution is 5.98. The molecule has 0 radical (unpaired) electrons. The first-order chi connectivity index (χ1) is 13.0. The second-order valence-electron chi connectivity index (χ2n) is 6.14. The lowest BCUT2D eigenvalue weighted by Crippen LogP contribution is -2.25. The fourth-order valence-corrected chi connectivity index (χ4v) is 2.72. The van der Waals surface area contributed by atoms with Crippen LogP contribution in [0.4, 0.5) is 0 Å². The number of hydrogen-bond acceptors (Lipinski definition) is 4. The molecule has 2 N–H and O–H groups in total. The van der Waals surface area contributed by atoms with Gasteiger partial charge in [0, 0.05) is 38.5 Å². The molecule has 138 valence electrons. The quantitative estimate of drug-likeness (QED) is 0.701. The summed E-state index contributed by atoms with van der Waals surface area (Å²) in [6.07, 6.45) is 3.29. The van der Waals surface area contributed by atoms with Crippen molar-refractivity contribution < 1.29 is 9.59 Å². The summed E-state index contributed by atoms with van der Waals surface area (Å²) < 4.78 is 1.71. The molecule has 0 saturated heterocycles. The summed E-state index contributed by atoms with van der Waals surface area (Å²) in [5.41, 5.74) is 3.82. The number of aryl methyl sites for hydroxylation is 1. The molecule has 7 nitrogen and oxygen atoms in total. The first-order valence-electron chi connectivity index (χ1n) is 8.58. The van der Waals surface area contributed by atoms with Crippen molar-refractivity contribution in [3.63, 3.8) is 0 Å². The third-order valence-corrected chi connectivity index (χ3v) is 4.15. The Kier molecular flexibility index (Phi) is 5.61. The molecular formula is C20H21N5O2. The Labute approximate surface area is 157 Å². The second-order valence-corrected chi connectivity index (χ2v) is 6.14. The van der Waals surface area contributed by atoms with E-state index < -0.39 is 0 Å². The van der Waals surface area contributed by atoms with Gasteiger partial charge in [-0.2, -0.15) is 5.10 Å². The van der Waals surface area contributed by atoms with Gasteiger partial charge in [-0.25, -0.2) is 0 Å². The lowest BCUT2D eigenvalue weighted by Gasteiger charge is -2.11. The van der Waals surface area contributed by atoms with Crippen LogP contribution < -0.4 is 10.6 Å². The van der Waals surface area contributed by atoms with Gasteiger partial charge in [0.1, 0.15) is 5.69 Å². The van der Waals surface area contributed by atoms with Crippen LogP contribution in [0.1, 0.15) is 28.7 Å². The van der Waals surface area contributed by atoms with E-state index in [0.29, 0.717) is 18.8 Å². The monoisotopic (exact) mass is 363 g/mol. The van der Waals surface area contributed by atoms with Gasteiger partial charge in [0.2, 0.25) is 5.91 Å². The van der Waals surface area contributed by atoms with E-state index >= 15 is 0 Å². The standard InChI is InChI=1S/C20H21N5O2/c1-14(26)22-12-15-5-3-6-16(11-15)18-7-4-9-21-19(18)20(27)23-13-17-8-10-24-25(17)2/h3-11H,12-13H2,1-2H3,(H,22,26)(H,23,27). The van der Waals surface area contributed by atoms with Crippen molar-refractivity contribution in [1.29, 1.82) is 0 Å². The van der Waals surface area contributed by atoms with Gasteiger partial charge in [-0.05, 0) is 29.3 Å². The molecule has 0 aliphatic heterocycles. The van der Waals surface area contributed by atoms with Gasteiger partial charge in [0.05, 0.1) is 12.2 Å². The summed E-state index contributed by atoms with van der Waals surface area (Å²) >= 11 is 0. The minimum absolute atomic E-state index is 0.0861. The third-order valence-electron chi connectivity index (χ3n) is 4.15. The molecule has 2 aromatic heterocycles. The average Bonchev–Trinajstić information content (AvgIpc) is 3.09. The van der Waals surface area contributed by atoms with E-state index in [1.807, 2.05) is 43.4 Å². The van der Waals surface area contributed by atoms with E-state index in [2.05, 4.69) is 20.7 Å². The average molecular weight is 363 g/mol. The fourth-order valence-electron chi connectivity index (χ4n) is 2.72. The maximum absolute atomic E-state index is 12.7. The molecule has 2 amide bonds. The zero-order valence-corrected chi connectivity index (χ0v) is 15.3. The van der Waals surface area contributed by atoms with Crippen molar-refractivity contribution in [2.24, 2.45) is 7.05 Å². The summed E-state index contributed by atoms with van der Waals surface area (Å²) in [5, 5.41) is 9.76. The van der Waals surface area contributed by atoms with E-state index in [1.54, 1.807) is 23.1 Å². The molecule has 7 heteroatoms. The van der Waals surface area contributed by atoms with Gasteiger partial charge in [-0.3, -0.25) is 19.3 Å². The van der Waals surface area contributed by atoms with Crippen LogP contribution in [0.3, 0.4) is 0 Å². The maximum atomic E-state index is 12.7. The summed E-state index contributed by atoms with van der Waals surface area (Å²) in [6, 6.07) is 13.2. The molecule has 0 bridgehead atoms. The molecule has 0 fully saturated rings. The molecular weight excluding hydrogens is 342 g/mol. The number of aromatic nitrogens is 3. The summed E-state index contributed by atoms with van der Waals surface area (Å²) in [6.45, 7) is 2.29. The molecule has 0 atom stereocenters. The Balaban J connectivity index is 1.81. The third kappa shape index (κ3) is 4.58. The van der Waals surface area contributed by atoms with Crippen LogP contribution in [0.5, 0.6) is 0 Å². The van der Waals surface area contributed by atoms with Crippen molar-refractivity contribution in [2.45, 2.75) is 20.0 Å². The largest absolute Gasteiger partial charge is 0.352 e. The van der Waals surface area contributed by atoms with Gasteiger partial charge < -0.3 is 10.6 Å². The first-order valence-corrected chi connectivity index (χ1v) is 8.58. The van der Waals surface area contributed by atoms with Crippen LogP contribution in [-0.2, 0) is 24.9 Å². The van der Waals surface area contributed by atoms with E-state index in [0.717, 1.165) is 22.4 Å². The number of rotatable bonds is 6. The van der Waals surface area contributed by atoms with Crippen molar-refractivity contribution in [1.82, 2.24) is 25.4 Å². The number of carbonyl (C=O) groups is 2. The van der Waals surface area contributed by atoms with Crippen LogP contribution >= 0.6 is 0 Å². The predicted molar refractivity (Wildman–Crippen MR) is 102 cm³/mol. The molecule has 0 saturated carbocycles. The molecule has 2 heterocycles. The van der Waals surface area contributed by atoms with E-state index in [9.17, 15) is 9.59 Å². The molecule has 3 rings (SSSR count). The highest BCUT2D eigenvalue weighted by Gasteiger charge is 2.15. The number of carbonyl (C=O) groups excluding carboxylic acids is 2. The second kappa shape index (κ2) is 8.27. The normalized spacial score (nSPS) is 10.4. The van der Waals surface area contributed by atoms with Gasteiger partial charge in [0.15, 0.2) is 0 Å². The number of amides is 2. The smallest absolute Gasteiger partial charge is 0.270 e. The lowest BCUT2D eigenvalue weighted by atomic mass is 10.0. The Hall–Kier alpha value is -3.48. The zero-order chi connectivity index (χ0) is 19.2. The molecule has 0 unspecified atom stereocenters. The maximum Gasteiger partial charge on any atom is 0.270 e. The lowest BCUT2D eigenvalue weighted by molar-refractivity contribution is -0.119. The topological polar surface area (TPSA) is 88.9 Å². The first kappa shape index (κ1) is 18.3. The molecule has 1 aromatic carbocycles. The van der Waals surface area contributed by atoms with Crippen LogP contribution in [0.25, 0.3) is 11.1 Å². The fraction of sp³-hybridized carbons (Fsp3) is 0.200. The summed E-state index contributed by atoms with van der Waals surface area (Å²) in [7, 11) is 1.83. The molecule has 0 spiro atoms. The minimum Gasteiger partial charge on any atom is -0.352 e. The van der Waals surface area contributed by atoms with Crippen molar-refractivity contribution >= 4 is 11.8 Å². The molecule has 27 heavy (non-hydrogen) atoms. The summed E-state index contributed by atoms with van der Waals surface area (Å²) in [4.78, 5) is 28.1. The number of benzene rings is 1. The number of nitrogens with one attached hydrogen (secondary N) is 2. The number of nitrogens with zero attached hydrogens (tertiary/aromatic N) is 3. The van der Waals surface area contributed by atoms with Crippen molar-refractivity contribution in [3.05, 3.63) is 71.8 Å². The Morgan fingerprint density at radius 2 is 1.89 bits per heavy atom. The van der Waals surface area contributed by atoms with Gasteiger partial charge in [0.25, 0.3) is 5.91 Å². The van der Waals surface area contributed by atoms with Crippen LogP contribution in [0, 0.1) is 0 Å². The minimum atomic E-state index is -0.251. The Morgan fingerprint density at radius 3 is 2.63 bits per heavy atom. The van der Waals surface area contributed by atoms with Crippen LogP contribution in [0.15, 0.2) is 54.9 Å². The van der Waals surface area contributed by atoms with Gasteiger partial charge >= 0.3 is 0 Å². The molecule has 0 aliphatic rings. The number of pyridine rings is 1. The van der Waals surface area contributed by atoms with E-state index in [1.165, 1.54) is 6.92 Å². The Morgan fingerprint density at radius 1 is 1.04 bits per heavy atom. The number of hydrogen-bond donors (Lipinski definition) is 2. The van der Waals surface area contributed by atoms with Crippen LogP contribution in [0.2, 0.25) is 0 Å². The van der Waals surface area contributed by atoms with Crippen LogP contribution in [-0.4, -0.2) is 26.6 Å². The summed E-state index contributed by atoms with van der Waals surface area (Å²) in [5.74, 6) is -0.337. The van der Waals surface area contributed by atoms with Crippen molar-refractivity contribution in [2.75, 3.05) is 0 Å². The molecule has 3 aromatic rings. The molecule has 0 aliphatic carbocycles. The van der Waals surface area contributed by atoms with Crippen molar-refractivity contribution in [3.8, 4) is 11.1 Å². The zero-order valence-electron chi connectivity index (χ0n) is 15.3. The Bertz CT molecular complexity index is 964. The van der Waals surface area contributed by atoms with Gasteiger partial charge in [-0.15, -0.1) is 0 Å². The van der Waals surface area contributed by atoms with E-state index in [4.69, 9.17) is 0 Å². The highest BCUT2D eigenvalue weighted by Crippen LogP contribution is 2.23. The predicted octanol–water partition coefficient (Wildman–Crippen LogP) is 2.05. The van der Waals surface area contributed by atoms with Gasteiger partial charge in [-0.1, -0.05) is 24.3 Å². The van der Waals surface area contributed by atoms with E-state index in [-0.39, 0.29) is 11.8 Å². The highest BCUT2D eigenvalue weighted by atomic mass is 16.2. The SMILES string of the molecule is CC(=O)NCc1cccc(-c2cccnc2C(=O)NCc2ccnn2C)c1.